The first-order valence-corrected chi connectivity index (χ1v) is 9.04. The second-order valence-corrected chi connectivity index (χ2v) is 5.77. The summed E-state index contributed by atoms with van der Waals surface area (Å²) < 4.78 is 5.54. The van der Waals surface area contributed by atoms with Gasteiger partial charge in [0.1, 0.15) is 0 Å². The third kappa shape index (κ3) is 10.6. The quantitative estimate of drug-likeness (QED) is 0.199. The summed E-state index contributed by atoms with van der Waals surface area (Å²) in [7, 11) is 3.40. The van der Waals surface area contributed by atoms with Gasteiger partial charge in [0.05, 0.1) is 0 Å². The van der Waals surface area contributed by atoms with Crippen molar-refractivity contribution in [1.82, 2.24) is 16.0 Å². The van der Waals surface area contributed by atoms with Gasteiger partial charge >= 0.3 is 0 Å². The number of nitrogens with zero attached hydrogens (tertiary/aromatic N) is 1. The molecule has 6 nitrogen and oxygen atoms in total. The fraction of sp³-hybridized carbons (Fsp3) is 0.579. The van der Waals surface area contributed by atoms with Crippen molar-refractivity contribution in [2.24, 2.45) is 4.99 Å². The summed E-state index contributed by atoms with van der Waals surface area (Å²) in [6.45, 7) is 5.37. The highest BCUT2D eigenvalue weighted by Crippen LogP contribution is 2.05. The fourth-order valence-corrected chi connectivity index (χ4v) is 2.29. The molecule has 1 aromatic carbocycles. The van der Waals surface area contributed by atoms with Gasteiger partial charge in [-0.1, -0.05) is 25.5 Å². The van der Waals surface area contributed by atoms with Gasteiger partial charge in [-0.2, -0.15) is 0 Å². The number of rotatable bonds is 11. The molecule has 0 heterocycles. The van der Waals surface area contributed by atoms with E-state index in [4.69, 9.17) is 4.74 Å². The molecule has 1 rings (SSSR count). The van der Waals surface area contributed by atoms with Crippen molar-refractivity contribution < 1.29 is 9.53 Å². The van der Waals surface area contributed by atoms with Crippen LogP contribution >= 0.6 is 24.0 Å². The summed E-state index contributed by atoms with van der Waals surface area (Å²) in [5.41, 5.74) is 1.80. The molecule has 0 aliphatic carbocycles. The lowest BCUT2D eigenvalue weighted by Crippen LogP contribution is -2.39. The minimum absolute atomic E-state index is 0. The van der Waals surface area contributed by atoms with Crippen molar-refractivity contribution in [3.05, 3.63) is 35.4 Å². The van der Waals surface area contributed by atoms with Gasteiger partial charge in [0.15, 0.2) is 5.96 Å². The average molecular weight is 476 g/mol. The lowest BCUT2D eigenvalue weighted by atomic mass is 10.1. The highest BCUT2D eigenvalue weighted by atomic mass is 127. The molecule has 0 fully saturated rings. The average Bonchev–Trinajstić information content (AvgIpc) is 2.65. The van der Waals surface area contributed by atoms with Gasteiger partial charge in [0.2, 0.25) is 0 Å². The molecular weight excluding hydrogens is 443 g/mol. The Balaban J connectivity index is 0.00000625. The van der Waals surface area contributed by atoms with Crippen LogP contribution in [0.25, 0.3) is 0 Å². The first-order valence-electron chi connectivity index (χ1n) is 9.04. The largest absolute Gasteiger partial charge is 0.381 e. The number of carbonyl (C=O) groups is 1. The van der Waals surface area contributed by atoms with Crippen LogP contribution in [0.4, 0.5) is 0 Å². The van der Waals surface area contributed by atoms with E-state index in [2.05, 4.69) is 27.9 Å². The molecule has 0 spiro atoms. The topological polar surface area (TPSA) is 74.8 Å². The van der Waals surface area contributed by atoms with Gasteiger partial charge in [-0.3, -0.25) is 9.79 Å². The smallest absolute Gasteiger partial charge is 0.251 e. The van der Waals surface area contributed by atoms with Crippen molar-refractivity contribution in [1.29, 1.82) is 0 Å². The van der Waals surface area contributed by atoms with Gasteiger partial charge in [-0.15, -0.1) is 24.0 Å². The van der Waals surface area contributed by atoms with Crippen LogP contribution in [-0.4, -0.2) is 52.3 Å². The molecule has 3 N–H and O–H groups in total. The maximum absolute atomic E-state index is 11.7. The summed E-state index contributed by atoms with van der Waals surface area (Å²) in [5.74, 6) is 0.726. The molecule has 7 heteroatoms. The summed E-state index contributed by atoms with van der Waals surface area (Å²) in [5, 5.41) is 9.21. The number of halogens is 1. The summed E-state index contributed by atoms with van der Waals surface area (Å²) in [6, 6.07) is 7.67. The van der Waals surface area contributed by atoms with Crippen LogP contribution in [0.3, 0.4) is 0 Å². The van der Waals surface area contributed by atoms with E-state index in [-0.39, 0.29) is 29.9 Å². The molecule has 0 saturated heterocycles. The van der Waals surface area contributed by atoms with Gasteiger partial charge in [-0.05, 0) is 37.0 Å². The molecule has 0 atom stereocenters. The molecule has 148 valence electrons. The second kappa shape index (κ2) is 15.9. The van der Waals surface area contributed by atoms with E-state index < -0.39 is 0 Å². The Bertz CT molecular complexity index is 538. The number of aliphatic imine (C=N–C) groups is 1. The van der Waals surface area contributed by atoms with Crippen molar-refractivity contribution in [3.63, 3.8) is 0 Å². The molecule has 0 bridgehead atoms. The molecule has 0 aliphatic heterocycles. The number of carbonyl (C=O) groups excluding carboxylic acids is 1. The number of unbranched alkanes of at least 4 members (excludes halogenated alkanes) is 1. The maximum Gasteiger partial charge on any atom is 0.251 e. The van der Waals surface area contributed by atoms with E-state index in [0.29, 0.717) is 5.56 Å². The Kier molecular flexibility index (Phi) is 15.0. The Hall–Kier alpha value is -1.35. The Morgan fingerprint density at radius 3 is 2.58 bits per heavy atom. The third-order valence-corrected chi connectivity index (χ3v) is 3.75. The van der Waals surface area contributed by atoms with Crippen LogP contribution < -0.4 is 16.0 Å². The highest BCUT2D eigenvalue weighted by molar-refractivity contribution is 14.0. The second-order valence-electron chi connectivity index (χ2n) is 5.77. The number of hydrogen-bond acceptors (Lipinski definition) is 3. The molecule has 0 saturated carbocycles. The predicted molar refractivity (Wildman–Crippen MR) is 119 cm³/mol. The molecule has 0 aliphatic rings. The van der Waals surface area contributed by atoms with Crippen molar-refractivity contribution in [2.75, 3.05) is 40.4 Å². The molecule has 1 aromatic rings. The minimum atomic E-state index is -0.0616. The molecular formula is C19H33IN4O2. The zero-order chi connectivity index (χ0) is 18.3. The van der Waals surface area contributed by atoms with Crippen LogP contribution in [0.5, 0.6) is 0 Å². The fourth-order valence-electron chi connectivity index (χ4n) is 2.29. The highest BCUT2D eigenvalue weighted by Gasteiger charge is 2.04. The zero-order valence-corrected chi connectivity index (χ0v) is 18.5. The number of benzene rings is 1. The Labute approximate surface area is 174 Å². The maximum atomic E-state index is 11.7. The monoisotopic (exact) mass is 476 g/mol. The molecule has 0 radical (unpaired) electrons. The minimum Gasteiger partial charge on any atom is -0.381 e. The molecule has 0 unspecified atom stereocenters. The summed E-state index contributed by atoms with van der Waals surface area (Å²) in [6.07, 6.45) is 4.07. The van der Waals surface area contributed by atoms with Crippen molar-refractivity contribution >= 4 is 35.8 Å². The number of guanidine groups is 1. The Morgan fingerprint density at radius 1 is 1.15 bits per heavy atom. The summed E-state index contributed by atoms with van der Waals surface area (Å²) in [4.78, 5) is 15.9. The zero-order valence-electron chi connectivity index (χ0n) is 16.1. The van der Waals surface area contributed by atoms with E-state index >= 15 is 0 Å². The number of nitrogens with one attached hydrogen (secondary N) is 3. The lowest BCUT2D eigenvalue weighted by Gasteiger charge is -2.12. The van der Waals surface area contributed by atoms with Gasteiger partial charge in [0.25, 0.3) is 5.91 Å². The Morgan fingerprint density at radius 2 is 1.88 bits per heavy atom. The van der Waals surface area contributed by atoms with E-state index in [9.17, 15) is 4.79 Å². The van der Waals surface area contributed by atoms with Crippen LogP contribution in [-0.2, 0) is 11.2 Å². The molecule has 1 amide bonds. The van der Waals surface area contributed by atoms with E-state index in [1.54, 1.807) is 14.1 Å². The van der Waals surface area contributed by atoms with Gasteiger partial charge in [-0.25, -0.2) is 0 Å². The standard InChI is InChI=1S/C19H32N4O2.HI/c1-4-5-13-25-14-7-11-22-19(21-3)23-12-10-16-8-6-9-17(15-16)18(24)20-2;/h6,8-9,15H,4-5,7,10-14H2,1-3H3,(H,20,24)(H2,21,22,23);1H. The van der Waals surface area contributed by atoms with Gasteiger partial charge in [0, 0.05) is 46.0 Å². The van der Waals surface area contributed by atoms with E-state index in [1.165, 1.54) is 6.42 Å². The van der Waals surface area contributed by atoms with E-state index in [0.717, 1.165) is 57.1 Å². The van der Waals surface area contributed by atoms with Crippen LogP contribution in [0.1, 0.15) is 42.1 Å². The molecule has 26 heavy (non-hydrogen) atoms. The number of hydrogen-bond donors (Lipinski definition) is 3. The first-order chi connectivity index (χ1) is 12.2. The predicted octanol–water partition coefficient (Wildman–Crippen LogP) is 2.58. The lowest BCUT2D eigenvalue weighted by molar-refractivity contribution is 0.0963. The third-order valence-electron chi connectivity index (χ3n) is 3.75. The van der Waals surface area contributed by atoms with Crippen molar-refractivity contribution in [3.8, 4) is 0 Å². The first kappa shape index (κ1) is 24.7. The summed E-state index contributed by atoms with van der Waals surface area (Å²) >= 11 is 0. The SMILES string of the molecule is CCCCOCCCNC(=NC)NCCc1cccc(C(=O)NC)c1.I. The van der Waals surface area contributed by atoms with Crippen LogP contribution in [0.2, 0.25) is 0 Å². The molecule has 0 aromatic heterocycles. The van der Waals surface area contributed by atoms with Crippen molar-refractivity contribution in [2.45, 2.75) is 32.6 Å². The van der Waals surface area contributed by atoms with E-state index in [1.807, 2.05) is 24.3 Å². The number of ether oxygens (including phenoxy) is 1. The van der Waals surface area contributed by atoms with Crippen LogP contribution in [0.15, 0.2) is 29.3 Å². The van der Waals surface area contributed by atoms with Crippen LogP contribution in [0, 0.1) is 0 Å². The van der Waals surface area contributed by atoms with Gasteiger partial charge < -0.3 is 20.7 Å². The number of amides is 1. The normalized spacial score (nSPS) is 10.8.